The second-order valence-corrected chi connectivity index (χ2v) is 12.8. The van der Waals surface area contributed by atoms with Crippen LogP contribution in [0.15, 0.2) is 42.9 Å². The van der Waals surface area contributed by atoms with Crippen molar-refractivity contribution < 1.29 is 18.7 Å². The van der Waals surface area contributed by atoms with Gasteiger partial charge in [-0.25, -0.2) is 14.4 Å². The monoisotopic (exact) mass is 562 g/mol. The third kappa shape index (κ3) is 4.96. The van der Waals surface area contributed by atoms with E-state index in [-0.39, 0.29) is 52.6 Å². The lowest BCUT2D eigenvalue weighted by molar-refractivity contribution is -0.150. The smallest absolute Gasteiger partial charge is 0.258 e. The first-order valence-corrected chi connectivity index (χ1v) is 14.6. The number of hydrogen-bond donors (Lipinski definition) is 1. The Morgan fingerprint density at radius 1 is 1.12 bits per heavy atom. The van der Waals surface area contributed by atoms with E-state index in [1.165, 1.54) is 30.1 Å². The number of piperidine rings is 2. The molecule has 5 heterocycles. The zero-order valence-electron chi connectivity index (χ0n) is 24.3. The predicted octanol–water partition coefficient (Wildman–Crippen LogP) is 4.01. The van der Waals surface area contributed by atoms with Crippen LogP contribution >= 0.6 is 0 Å². The number of nitrogens with one attached hydrogen (secondary N) is 1. The number of fused-ring (bicyclic) bond motifs is 3. The van der Waals surface area contributed by atoms with E-state index in [2.05, 4.69) is 26.8 Å². The molecule has 1 spiro atoms. The molecule has 41 heavy (non-hydrogen) atoms. The van der Waals surface area contributed by atoms with Crippen molar-refractivity contribution in [3.63, 3.8) is 0 Å². The molecule has 0 unspecified atom stereocenters. The van der Waals surface area contributed by atoms with Gasteiger partial charge < -0.3 is 24.8 Å². The van der Waals surface area contributed by atoms with Gasteiger partial charge in [-0.05, 0) is 65.2 Å². The molecule has 1 aromatic heterocycles. The average molecular weight is 563 g/mol. The maximum atomic E-state index is 14.3. The highest BCUT2D eigenvalue weighted by Gasteiger charge is 2.56. The van der Waals surface area contributed by atoms with Gasteiger partial charge in [0.05, 0.1) is 17.8 Å². The number of hydrogen-bond acceptors (Lipinski definition) is 7. The van der Waals surface area contributed by atoms with Crippen molar-refractivity contribution in [2.45, 2.75) is 71.1 Å². The summed E-state index contributed by atoms with van der Waals surface area (Å²) in [5.74, 6) is 0.911. The molecule has 5 aliphatic rings. The van der Waals surface area contributed by atoms with E-state index in [4.69, 9.17) is 4.74 Å². The van der Waals surface area contributed by atoms with Crippen molar-refractivity contribution in [2.24, 2.45) is 11.3 Å². The number of carbonyl (C=O) groups excluding carboxylic acids is 2. The Balaban J connectivity index is 1.13. The summed E-state index contributed by atoms with van der Waals surface area (Å²) >= 11 is 0. The van der Waals surface area contributed by atoms with Crippen LogP contribution in [0.2, 0.25) is 0 Å². The van der Waals surface area contributed by atoms with Crippen LogP contribution in [0.25, 0.3) is 0 Å². The highest BCUT2D eigenvalue weighted by atomic mass is 19.1. The van der Waals surface area contributed by atoms with Crippen molar-refractivity contribution in [1.29, 1.82) is 0 Å². The number of rotatable bonds is 7. The molecule has 7 rings (SSSR count). The SMILES string of the molecule is C=C1C[C@@H]2CC[C@H]1[C@@H](C(=O)N1CC3(C1)CN(c1ncncc1Oc1ccc(F)cc1C(=O)N(C(C)C)C(C)C)C3)N2. The van der Waals surface area contributed by atoms with Crippen LogP contribution in [0.4, 0.5) is 10.2 Å². The molecule has 3 atom stereocenters. The second kappa shape index (κ2) is 10.4. The van der Waals surface area contributed by atoms with E-state index in [9.17, 15) is 14.0 Å². The molecule has 4 aliphatic heterocycles. The molecular formula is C31H39FN6O3. The van der Waals surface area contributed by atoms with Gasteiger partial charge in [-0.3, -0.25) is 9.59 Å². The second-order valence-electron chi connectivity index (χ2n) is 12.8. The van der Waals surface area contributed by atoms with Gasteiger partial charge in [0.15, 0.2) is 11.6 Å². The number of nitrogens with zero attached hydrogens (tertiary/aromatic N) is 5. The van der Waals surface area contributed by atoms with Gasteiger partial charge in [0.2, 0.25) is 5.91 Å². The third-order valence-electron chi connectivity index (χ3n) is 9.06. The van der Waals surface area contributed by atoms with Crippen molar-refractivity contribution in [3.05, 3.63) is 54.3 Å². The molecular weight excluding hydrogens is 523 g/mol. The van der Waals surface area contributed by atoms with E-state index in [1.807, 2.05) is 32.6 Å². The number of halogens is 1. The topological polar surface area (TPSA) is 90.9 Å². The minimum absolute atomic E-state index is 0.0363. The molecule has 2 amide bonds. The standard InChI is InChI=1S/C31H39FN6O3/c1-18(2)38(19(3)4)29(39)24-11-21(32)6-9-25(24)41-26-12-33-17-34-28(26)36-13-31(14-36)15-37(16-31)30(40)27-23-8-7-22(35-27)10-20(23)5/h6,9,11-12,17-19,22-23,27,35H,5,7-8,10,13-16H2,1-4H3/t22-,23+,27-/m0/s1. The summed E-state index contributed by atoms with van der Waals surface area (Å²) in [5, 5.41) is 3.55. The molecule has 218 valence electrons. The zero-order chi connectivity index (χ0) is 29.1. The molecule has 1 aromatic carbocycles. The molecule has 2 aromatic rings. The molecule has 1 saturated carbocycles. The number of aromatic nitrogens is 2. The van der Waals surface area contributed by atoms with E-state index in [1.54, 1.807) is 11.1 Å². The van der Waals surface area contributed by atoms with Gasteiger partial charge in [-0.15, -0.1) is 0 Å². The largest absolute Gasteiger partial charge is 0.451 e. The Morgan fingerprint density at radius 3 is 2.51 bits per heavy atom. The quantitative estimate of drug-likeness (QED) is 0.510. The van der Waals surface area contributed by atoms with Gasteiger partial charge in [0.1, 0.15) is 17.9 Å². The van der Waals surface area contributed by atoms with Crippen LogP contribution in [0, 0.1) is 17.2 Å². The first-order valence-electron chi connectivity index (χ1n) is 14.6. The van der Waals surface area contributed by atoms with Gasteiger partial charge in [-0.1, -0.05) is 12.2 Å². The minimum atomic E-state index is -0.507. The predicted molar refractivity (Wildman–Crippen MR) is 153 cm³/mol. The number of carbonyl (C=O) groups is 2. The molecule has 9 nitrogen and oxygen atoms in total. The van der Waals surface area contributed by atoms with Crippen LogP contribution in [-0.2, 0) is 4.79 Å². The lowest BCUT2D eigenvalue weighted by atomic mass is 9.70. The number of amides is 2. The Bertz CT molecular complexity index is 1360. The van der Waals surface area contributed by atoms with Crippen LogP contribution in [0.5, 0.6) is 11.5 Å². The lowest BCUT2D eigenvalue weighted by Gasteiger charge is -2.61. The van der Waals surface area contributed by atoms with Crippen molar-refractivity contribution in [1.82, 2.24) is 25.1 Å². The molecule has 0 radical (unpaired) electrons. The van der Waals surface area contributed by atoms with Crippen LogP contribution in [-0.4, -0.2) is 81.9 Å². The van der Waals surface area contributed by atoms with Gasteiger partial charge >= 0.3 is 0 Å². The molecule has 1 N–H and O–H groups in total. The van der Waals surface area contributed by atoms with E-state index < -0.39 is 5.82 Å². The number of anilines is 1. The molecule has 5 fully saturated rings. The Kier molecular flexibility index (Phi) is 7.00. The van der Waals surface area contributed by atoms with Crippen LogP contribution in [0.3, 0.4) is 0 Å². The Morgan fingerprint density at radius 2 is 1.85 bits per heavy atom. The third-order valence-corrected chi connectivity index (χ3v) is 9.06. The van der Waals surface area contributed by atoms with Crippen LogP contribution in [0.1, 0.15) is 57.3 Å². The fourth-order valence-corrected chi connectivity index (χ4v) is 7.24. The summed E-state index contributed by atoms with van der Waals surface area (Å²) < 4.78 is 20.5. The number of benzene rings is 1. The average Bonchev–Trinajstić information content (AvgIpc) is 2.88. The molecule has 2 bridgehead atoms. The van der Waals surface area contributed by atoms with Crippen molar-refractivity contribution in [2.75, 3.05) is 31.1 Å². The first-order chi connectivity index (χ1) is 19.5. The van der Waals surface area contributed by atoms with Gasteiger partial charge in [-0.2, -0.15) is 0 Å². The number of likely N-dealkylation sites (tertiary alicyclic amines) is 1. The van der Waals surface area contributed by atoms with Crippen molar-refractivity contribution >= 4 is 17.6 Å². The van der Waals surface area contributed by atoms with Crippen LogP contribution < -0.4 is 15.0 Å². The van der Waals surface area contributed by atoms with Gasteiger partial charge in [0.25, 0.3) is 5.91 Å². The molecule has 1 aliphatic carbocycles. The molecule has 4 saturated heterocycles. The fourth-order valence-electron chi connectivity index (χ4n) is 7.24. The summed E-state index contributed by atoms with van der Waals surface area (Å²) in [6.45, 7) is 14.9. The maximum Gasteiger partial charge on any atom is 0.258 e. The first kappa shape index (κ1) is 27.6. The number of ether oxygens (including phenoxy) is 1. The summed E-state index contributed by atoms with van der Waals surface area (Å²) in [7, 11) is 0. The molecule has 10 heteroatoms. The van der Waals surface area contributed by atoms with Crippen molar-refractivity contribution in [3.8, 4) is 11.5 Å². The summed E-state index contributed by atoms with van der Waals surface area (Å²) in [4.78, 5) is 41.2. The highest BCUT2D eigenvalue weighted by molar-refractivity contribution is 5.97. The van der Waals surface area contributed by atoms with E-state index >= 15 is 0 Å². The maximum absolute atomic E-state index is 14.3. The summed E-state index contributed by atoms with van der Waals surface area (Å²) in [5.41, 5.74) is 1.41. The Labute approximate surface area is 240 Å². The lowest BCUT2D eigenvalue weighted by Crippen LogP contribution is -2.75. The Hall–Kier alpha value is -3.53. The normalized spacial score (nSPS) is 24.5. The summed E-state index contributed by atoms with van der Waals surface area (Å²) in [6, 6.07) is 4.09. The zero-order valence-corrected chi connectivity index (χ0v) is 24.3. The van der Waals surface area contributed by atoms with E-state index in [0.717, 1.165) is 45.4 Å². The van der Waals surface area contributed by atoms with Gasteiger partial charge in [0, 0.05) is 55.6 Å². The summed E-state index contributed by atoms with van der Waals surface area (Å²) in [6.07, 6.45) is 6.19. The minimum Gasteiger partial charge on any atom is -0.451 e. The van der Waals surface area contributed by atoms with E-state index in [0.29, 0.717) is 17.6 Å². The highest BCUT2D eigenvalue weighted by Crippen LogP contribution is 2.46. The fraction of sp³-hybridized carbons (Fsp3) is 0.548.